The third-order valence-corrected chi connectivity index (χ3v) is 4.35. The van der Waals surface area contributed by atoms with Crippen LogP contribution in [0, 0.1) is 6.92 Å². The van der Waals surface area contributed by atoms with Crippen molar-refractivity contribution in [1.82, 2.24) is 4.57 Å². The van der Waals surface area contributed by atoms with Gasteiger partial charge >= 0.3 is 0 Å². The molecule has 0 aliphatic rings. The Morgan fingerprint density at radius 3 is 2.21 bits per heavy atom. The summed E-state index contributed by atoms with van der Waals surface area (Å²) in [6.07, 6.45) is 1.79. The molecule has 0 radical (unpaired) electrons. The van der Waals surface area contributed by atoms with E-state index in [0.29, 0.717) is 29.4 Å². The Morgan fingerprint density at radius 1 is 0.964 bits per heavy atom. The monoisotopic (exact) mass is 378 g/mol. The lowest BCUT2D eigenvalue weighted by Crippen LogP contribution is -2.25. The molecule has 0 saturated heterocycles. The molecule has 6 nitrogen and oxygen atoms in total. The van der Waals surface area contributed by atoms with Gasteiger partial charge in [0.2, 0.25) is 0 Å². The van der Waals surface area contributed by atoms with Gasteiger partial charge in [0.1, 0.15) is 11.5 Å². The van der Waals surface area contributed by atoms with Crippen LogP contribution in [0.25, 0.3) is 0 Å². The van der Waals surface area contributed by atoms with Gasteiger partial charge in [0.25, 0.3) is 11.7 Å². The van der Waals surface area contributed by atoms with Crippen molar-refractivity contribution in [2.75, 3.05) is 19.5 Å². The first-order valence-corrected chi connectivity index (χ1v) is 8.79. The molecule has 1 heterocycles. The van der Waals surface area contributed by atoms with Crippen molar-refractivity contribution in [1.29, 1.82) is 0 Å². The normalized spacial score (nSPS) is 10.4. The molecular weight excluding hydrogens is 356 g/mol. The number of benzene rings is 2. The number of Topliss-reactive ketones (excluding diaryl/α,β-unsaturated/α-hetero) is 1. The van der Waals surface area contributed by atoms with Crippen molar-refractivity contribution >= 4 is 17.4 Å². The minimum Gasteiger partial charge on any atom is -0.497 e. The quantitative estimate of drug-likeness (QED) is 0.503. The second-order valence-electron chi connectivity index (χ2n) is 6.39. The molecule has 0 atom stereocenters. The number of carbonyl (C=O) groups excluding carboxylic acids is 2. The maximum Gasteiger partial charge on any atom is 0.298 e. The molecule has 144 valence electrons. The van der Waals surface area contributed by atoms with Crippen molar-refractivity contribution < 1.29 is 19.1 Å². The lowest BCUT2D eigenvalue weighted by Gasteiger charge is -2.11. The van der Waals surface area contributed by atoms with Crippen LogP contribution in [0.5, 0.6) is 11.5 Å². The molecule has 1 amide bonds. The highest BCUT2D eigenvalue weighted by Crippen LogP contribution is 2.26. The summed E-state index contributed by atoms with van der Waals surface area (Å²) < 4.78 is 12.1. The van der Waals surface area contributed by atoms with Gasteiger partial charge in [-0.2, -0.15) is 0 Å². The highest BCUT2D eigenvalue weighted by Gasteiger charge is 2.20. The Hall–Kier alpha value is -3.54. The molecule has 0 bridgehead atoms. The third-order valence-electron chi connectivity index (χ3n) is 4.35. The molecule has 28 heavy (non-hydrogen) atoms. The van der Waals surface area contributed by atoms with Crippen molar-refractivity contribution in [3.8, 4) is 11.5 Å². The molecule has 0 aliphatic carbocycles. The van der Waals surface area contributed by atoms with Gasteiger partial charge in [-0.15, -0.1) is 0 Å². The van der Waals surface area contributed by atoms with E-state index >= 15 is 0 Å². The van der Waals surface area contributed by atoms with E-state index in [2.05, 4.69) is 5.32 Å². The zero-order chi connectivity index (χ0) is 20.1. The van der Waals surface area contributed by atoms with E-state index in [1.54, 1.807) is 41.1 Å². The van der Waals surface area contributed by atoms with Crippen LogP contribution in [0.3, 0.4) is 0 Å². The zero-order valence-corrected chi connectivity index (χ0v) is 16.1. The van der Waals surface area contributed by atoms with Gasteiger partial charge in [0.15, 0.2) is 0 Å². The maximum atomic E-state index is 12.7. The zero-order valence-electron chi connectivity index (χ0n) is 16.1. The van der Waals surface area contributed by atoms with Gasteiger partial charge in [-0.1, -0.05) is 29.8 Å². The summed E-state index contributed by atoms with van der Waals surface area (Å²) in [5, 5.41) is 2.62. The number of nitrogens with one attached hydrogen (secondary N) is 1. The number of hydrogen-bond donors (Lipinski definition) is 1. The summed E-state index contributed by atoms with van der Waals surface area (Å²) in [4.78, 5) is 25.2. The lowest BCUT2D eigenvalue weighted by atomic mass is 10.1. The Balaban J connectivity index is 1.76. The Kier molecular flexibility index (Phi) is 5.79. The molecule has 1 N–H and O–H groups in total. The van der Waals surface area contributed by atoms with E-state index in [0.717, 1.165) is 5.56 Å². The number of aryl methyl sites for hydroxylation is 1. The van der Waals surface area contributed by atoms with Crippen molar-refractivity contribution in [2.24, 2.45) is 0 Å². The number of ketones is 1. The predicted octanol–water partition coefficient (Wildman–Crippen LogP) is 3.68. The van der Waals surface area contributed by atoms with Gasteiger partial charge in [-0.05, 0) is 24.6 Å². The van der Waals surface area contributed by atoms with E-state index in [-0.39, 0.29) is 0 Å². The van der Waals surface area contributed by atoms with E-state index in [4.69, 9.17) is 9.47 Å². The van der Waals surface area contributed by atoms with E-state index < -0.39 is 11.7 Å². The summed E-state index contributed by atoms with van der Waals surface area (Å²) in [6, 6.07) is 16.4. The molecule has 3 rings (SSSR count). The highest BCUT2D eigenvalue weighted by molar-refractivity contribution is 6.46. The summed E-state index contributed by atoms with van der Waals surface area (Å²) >= 11 is 0. The number of rotatable bonds is 7. The van der Waals surface area contributed by atoms with Gasteiger partial charge in [0, 0.05) is 36.6 Å². The van der Waals surface area contributed by atoms with Crippen LogP contribution in [0.15, 0.2) is 60.8 Å². The first-order valence-electron chi connectivity index (χ1n) is 8.79. The van der Waals surface area contributed by atoms with Crippen molar-refractivity contribution in [3.05, 3.63) is 77.6 Å². The van der Waals surface area contributed by atoms with Crippen LogP contribution < -0.4 is 14.8 Å². The van der Waals surface area contributed by atoms with Crippen LogP contribution in [0.2, 0.25) is 0 Å². The number of amides is 1. The predicted molar refractivity (Wildman–Crippen MR) is 107 cm³/mol. The first-order chi connectivity index (χ1) is 13.5. The maximum absolute atomic E-state index is 12.7. The Morgan fingerprint density at radius 2 is 1.61 bits per heavy atom. The fourth-order valence-electron chi connectivity index (χ4n) is 2.83. The van der Waals surface area contributed by atoms with Gasteiger partial charge < -0.3 is 19.4 Å². The number of aromatic nitrogens is 1. The first kappa shape index (κ1) is 19.2. The van der Waals surface area contributed by atoms with Crippen LogP contribution in [-0.4, -0.2) is 30.5 Å². The lowest BCUT2D eigenvalue weighted by molar-refractivity contribution is -0.112. The molecule has 0 unspecified atom stereocenters. The summed E-state index contributed by atoms with van der Waals surface area (Å²) in [7, 11) is 3.03. The second kappa shape index (κ2) is 8.43. The fraction of sp³-hybridized carbons (Fsp3) is 0.182. The van der Waals surface area contributed by atoms with Gasteiger partial charge in [-0.25, -0.2) is 0 Å². The number of anilines is 1. The van der Waals surface area contributed by atoms with E-state index in [1.807, 2.05) is 31.2 Å². The summed E-state index contributed by atoms with van der Waals surface area (Å²) in [5.74, 6) is -0.298. The van der Waals surface area contributed by atoms with E-state index in [1.165, 1.54) is 19.8 Å². The number of carbonyl (C=O) groups is 2. The van der Waals surface area contributed by atoms with E-state index in [9.17, 15) is 9.59 Å². The number of methoxy groups -OCH3 is 2. The van der Waals surface area contributed by atoms with Gasteiger partial charge in [0.05, 0.1) is 19.9 Å². The van der Waals surface area contributed by atoms with Crippen molar-refractivity contribution in [2.45, 2.75) is 13.5 Å². The standard InChI is InChI=1S/C22H22N2O4/c1-15-6-8-16(9-7-15)14-24-10-4-5-20(24)21(25)22(26)23-17-11-18(27-2)13-19(12-17)28-3/h4-13H,14H2,1-3H3,(H,23,26). The molecular formula is C22H22N2O4. The molecule has 3 aromatic rings. The average molecular weight is 378 g/mol. The largest absolute Gasteiger partial charge is 0.497 e. The molecule has 0 aliphatic heterocycles. The number of hydrogen-bond acceptors (Lipinski definition) is 4. The van der Waals surface area contributed by atoms with Gasteiger partial charge in [-0.3, -0.25) is 9.59 Å². The SMILES string of the molecule is COc1cc(NC(=O)C(=O)c2cccn2Cc2ccc(C)cc2)cc(OC)c1. The number of nitrogens with zero attached hydrogens (tertiary/aromatic N) is 1. The Bertz CT molecular complexity index is 968. The second-order valence-corrected chi connectivity index (χ2v) is 6.39. The van der Waals surface area contributed by atoms with Crippen molar-refractivity contribution in [3.63, 3.8) is 0 Å². The molecule has 0 spiro atoms. The summed E-state index contributed by atoms with van der Waals surface area (Å²) in [6.45, 7) is 2.53. The Labute approximate surface area is 163 Å². The molecule has 0 saturated carbocycles. The minimum absolute atomic E-state index is 0.327. The molecule has 2 aromatic carbocycles. The van der Waals surface area contributed by atoms with Crippen LogP contribution in [0.4, 0.5) is 5.69 Å². The average Bonchev–Trinajstić information content (AvgIpc) is 3.16. The van der Waals surface area contributed by atoms with Crippen LogP contribution >= 0.6 is 0 Å². The van der Waals surface area contributed by atoms with Crippen LogP contribution in [-0.2, 0) is 11.3 Å². The molecule has 0 fully saturated rings. The fourth-order valence-corrected chi connectivity index (χ4v) is 2.83. The smallest absolute Gasteiger partial charge is 0.298 e. The molecule has 6 heteroatoms. The minimum atomic E-state index is -0.723. The topological polar surface area (TPSA) is 69.6 Å². The van der Waals surface area contributed by atoms with Crippen LogP contribution in [0.1, 0.15) is 21.6 Å². The highest BCUT2D eigenvalue weighted by atomic mass is 16.5. The summed E-state index contributed by atoms with van der Waals surface area (Å²) in [5.41, 5.74) is 2.97. The third kappa shape index (κ3) is 4.40. The number of ether oxygens (including phenoxy) is 2. The molecule has 1 aromatic heterocycles.